The predicted molar refractivity (Wildman–Crippen MR) is 91.2 cm³/mol. The van der Waals surface area contributed by atoms with E-state index in [4.69, 9.17) is 11.6 Å². The van der Waals surface area contributed by atoms with E-state index in [-0.39, 0.29) is 5.69 Å². The Morgan fingerprint density at radius 1 is 1.13 bits per heavy atom. The minimum Gasteiger partial charge on any atom is -0.258 e. The number of halogens is 1. The molecule has 116 valence electrons. The predicted octanol–water partition coefficient (Wildman–Crippen LogP) is 4.80. The van der Waals surface area contributed by atoms with Crippen LogP contribution in [0.3, 0.4) is 0 Å². The summed E-state index contributed by atoms with van der Waals surface area (Å²) in [5.41, 5.74) is 2.08. The Bertz CT molecular complexity index is 921. The molecule has 0 saturated carbocycles. The molecule has 0 radical (unpaired) electrons. The maximum Gasteiger partial charge on any atom is 0.269 e. The van der Waals surface area contributed by atoms with E-state index in [1.54, 1.807) is 23.5 Å². The lowest BCUT2D eigenvalue weighted by molar-refractivity contribution is -0.384. The molecule has 2 heterocycles. The van der Waals surface area contributed by atoms with E-state index in [0.29, 0.717) is 11.0 Å². The van der Waals surface area contributed by atoms with Gasteiger partial charge in [-0.3, -0.25) is 10.1 Å². The van der Waals surface area contributed by atoms with Gasteiger partial charge in [-0.25, -0.2) is 9.97 Å². The van der Waals surface area contributed by atoms with Crippen LogP contribution in [0.4, 0.5) is 5.69 Å². The largest absolute Gasteiger partial charge is 0.269 e. The van der Waals surface area contributed by atoms with E-state index in [9.17, 15) is 10.1 Å². The standard InChI is InChI=1S/C16H12ClN3O2S/c17-14-13-11-3-1-2-4-12(11)23-16(13)19-15(18-14)9-5-7-10(8-6-9)20(21)22/h5-8H,1-4H2. The molecule has 1 aliphatic rings. The van der Waals surface area contributed by atoms with Gasteiger partial charge in [0.25, 0.3) is 5.69 Å². The van der Waals surface area contributed by atoms with Crippen LogP contribution in [0.15, 0.2) is 24.3 Å². The quantitative estimate of drug-likeness (QED) is 0.380. The van der Waals surface area contributed by atoms with Crippen molar-refractivity contribution in [3.8, 4) is 11.4 Å². The molecular formula is C16H12ClN3O2S. The molecule has 0 aliphatic heterocycles. The number of hydrogen-bond acceptors (Lipinski definition) is 5. The first-order valence-electron chi connectivity index (χ1n) is 7.36. The highest BCUT2D eigenvalue weighted by molar-refractivity contribution is 7.19. The van der Waals surface area contributed by atoms with Crippen molar-refractivity contribution in [1.29, 1.82) is 0 Å². The number of hydrogen-bond donors (Lipinski definition) is 0. The van der Waals surface area contributed by atoms with E-state index >= 15 is 0 Å². The van der Waals surface area contributed by atoms with E-state index in [2.05, 4.69) is 9.97 Å². The molecule has 4 rings (SSSR count). The third-order valence-electron chi connectivity index (χ3n) is 4.11. The molecule has 5 nitrogen and oxygen atoms in total. The Labute approximate surface area is 141 Å². The molecule has 7 heteroatoms. The summed E-state index contributed by atoms with van der Waals surface area (Å²) in [4.78, 5) is 21.7. The lowest BCUT2D eigenvalue weighted by Crippen LogP contribution is -1.98. The first-order chi connectivity index (χ1) is 11.1. The number of nitrogens with zero attached hydrogens (tertiary/aromatic N) is 3. The molecule has 2 aromatic heterocycles. The Hall–Kier alpha value is -2.05. The fourth-order valence-corrected chi connectivity index (χ4v) is 4.58. The van der Waals surface area contributed by atoms with Crippen molar-refractivity contribution < 1.29 is 4.92 Å². The van der Waals surface area contributed by atoms with E-state index in [1.165, 1.54) is 35.4 Å². The van der Waals surface area contributed by atoms with Crippen LogP contribution in [0, 0.1) is 10.1 Å². The number of aryl methyl sites for hydroxylation is 2. The second-order valence-electron chi connectivity index (χ2n) is 5.53. The maximum atomic E-state index is 10.7. The molecule has 0 amide bonds. The van der Waals surface area contributed by atoms with Crippen LogP contribution in [0.5, 0.6) is 0 Å². The summed E-state index contributed by atoms with van der Waals surface area (Å²) in [6, 6.07) is 6.22. The summed E-state index contributed by atoms with van der Waals surface area (Å²) in [6.45, 7) is 0. The Morgan fingerprint density at radius 2 is 1.87 bits per heavy atom. The SMILES string of the molecule is O=[N+]([O-])c1ccc(-c2nc(Cl)c3c4c(sc3n2)CCCC4)cc1. The number of thiophene rings is 1. The van der Waals surface area contributed by atoms with Crippen molar-refractivity contribution in [2.45, 2.75) is 25.7 Å². The Kier molecular flexibility index (Phi) is 3.50. The molecular weight excluding hydrogens is 334 g/mol. The second-order valence-corrected chi connectivity index (χ2v) is 6.97. The normalized spacial score (nSPS) is 14.0. The Morgan fingerprint density at radius 3 is 2.61 bits per heavy atom. The van der Waals surface area contributed by atoms with Gasteiger partial charge in [0.2, 0.25) is 0 Å². The van der Waals surface area contributed by atoms with Crippen LogP contribution >= 0.6 is 22.9 Å². The number of nitro groups is 1. The number of rotatable bonds is 2. The molecule has 0 N–H and O–H groups in total. The summed E-state index contributed by atoms with van der Waals surface area (Å²) < 4.78 is 0. The Balaban J connectivity index is 1.83. The van der Waals surface area contributed by atoms with Crippen molar-refractivity contribution in [2.24, 2.45) is 0 Å². The first kappa shape index (κ1) is 14.5. The lowest BCUT2D eigenvalue weighted by atomic mass is 9.97. The highest BCUT2D eigenvalue weighted by Gasteiger charge is 2.20. The van der Waals surface area contributed by atoms with Gasteiger partial charge in [0, 0.05) is 22.6 Å². The molecule has 23 heavy (non-hydrogen) atoms. The molecule has 0 unspecified atom stereocenters. The number of nitro benzene ring substituents is 1. The average Bonchev–Trinajstić information content (AvgIpc) is 2.93. The summed E-state index contributed by atoms with van der Waals surface area (Å²) in [5, 5.41) is 12.2. The highest BCUT2D eigenvalue weighted by Crippen LogP contribution is 2.39. The van der Waals surface area contributed by atoms with Gasteiger partial charge in [-0.2, -0.15) is 0 Å². The molecule has 0 fully saturated rings. The summed E-state index contributed by atoms with van der Waals surface area (Å²) in [6.07, 6.45) is 4.51. The first-order valence-corrected chi connectivity index (χ1v) is 8.55. The van der Waals surface area contributed by atoms with Gasteiger partial charge in [-0.1, -0.05) is 11.6 Å². The third-order valence-corrected chi connectivity index (χ3v) is 5.57. The summed E-state index contributed by atoms with van der Waals surface area (Å²) in [5.74, 6) is 0.510. The topological polar surface area (TPSA) is 68.9 Å². The average molecular weight is 346 g/mol. The van der Waals surface area contributed by atoms with E-state index in [1.807, 2.05) is 0 Å². The van der Waals surface area contributed by atoms with Gasteiger partial charge >= 0.3 is 0 Å². The van der Waals surface area contributed by atoms with Crippen molar-refractivity contribution in [3.05, 3.63) is 50.0 Å². The van der Waals surface area contributed by atoms with Crippen molar-refractivity contribution in [1.82, 2.24) is 9.97 Å². The number of non-ortho nitro benzene ring substituents is 1. The van der Waals surface area contributed by atoms with Crippen molar-refractivity contribution in [2.75, 3.05) is 0 Å². The zero-order valence-electron chi connectivity index (χ0n) is 12.1. The monoisotopic (exact) mass is 345 g/mol. The van der Waals surface area contributed by atoms with Crippen LogP contribution in [0.2, 0.25) is 5.15 Å². The van der Waals surface area contributed by atoms with E-state index < -0.39 is 4.92 Å². The second kappa shape index (κ2) is 5.54. The van der Waals surface area contributed by atoms with E-state index in [0.717, 1.165) is 28.6 Å². The van der Waals surface area contributed by atoms with Gasteiger partial charge in [0.15, 0.2) is 5.82 Å². The maximum absolute atomic E-state index is 10.7. The molecule has 0 saturated heterocycles. The van der Waals surface area contributed by atoms with Gasteiger partial charge in [0.1, 0.15) is 9.98 Å². The minimum atomic E-state index is -0.422. The van der Waals surface area contributed by atoms with Gasteiger partial charge in [-0.15, -0.1) is 11.3 Å². The summed E-state index contributed by atoms with van der Waals surface area (Å²) >= 11 is 8.11. The zero-order valence-corrected chi connectivity index (χ0v) is 13.7. The third kappa shape index (κ3) is 2.48. The number of benzene rings is 1. The smallest absolute Gasteiger partial charge is 0.258 e. The lowest BCUT2D eigenvalue weighted by Gasteiger charge is -2.10. The fourth-order valence-electron chi connectivity index (χ4n) is 2.97. The zero-order chi connectivity index (χ0) is 16.0. The van der Waals surface area contributed by atoms with Crippen LogP contribution in [0.25, 0.3) is 21.6 Å². The molecule has 0 spiro atoms. The number of fused-ring (bicyclic) bond motifs is 3. The van der Waals surface area contributed by atoms with Crippen LogP contribution in [0.1, 0.15) is 23.3 Å². The van der Waals surface area contributed by atoms with Crippen molar-refractivity contribution >= 4 is 38.8 Å². The van der Waals surface area contributed by atoms with Crippen LogP contribution in [-0.4, -0.2) is 14.9 Å². The minimum absolute atomic E-state index is 0.0486. The van der Waals surface area contributed by atoms with Crippen LogP contribution < -0.4 is 0 Å². The summed E-state index contributed by atoms with van der Waals surface area (Å²) in [7, 11) is 0. The van der Waals surface area contributed by atoms with Gasteiger partial charge < -0.3 is 0 Å². The molecule has 1 aliphatic carbocycles. The molecule has 3 aromatic rings. The van der Waals surface area contributed by atoms with Crippen molar-refractivity contribution in [3.63, 3.8) is 0 Å². The van der Waals surface area contributed by atoms with Gasteiger partial charge in [0.05, 0.1) is 10.3 Å². The molecule has 0 bridgehead atoms. The fraction of sp³-hybridized carbons (Fsp3) is 0.250. The molecule has 1 aromatic carbocycles. The number of aromatic nitrogens is 2. The highest BCUT2D eigenvalue weighted by atomic mass is 35.5. The molecule has 0 atom stereocenters. The van der Waals surface area contributed by atoms with Crippen LogP contribution in [-0.2, 0) is 12.8 Å². The van der Waals surface area contributed by atoms with Gasteiger partial charge in [-0.05, 0) is 43.4 Å².